The number of fused-ring (bicyclic) bond motifs is 1. The highest BCUT2D eigenvalue weighted by atomic mass is 16.5. The number of aromatic nitrogens is 1. The number of ketones is 1. The summed E-state index contributed by atoms with van der Waals surface area (Å²) in [5.41, 5.74) is 1.07. The van der Waals surface area contributed by atoms with Gasteiger partial charge in [-0.25, -0.2) is 0 Å². The van der Waals surface area contributed by atoms with Crippen LogP contribution in [0.1, 0.15) is 6.92 Å². The highest BCUT2D eigenvalue weighted by Gasteiger charge is 1.99. The fraction of sp³-hybridized carbons (Fsp3) is 0.182. The zero-order valence-corrected chi connectivity index (χ0v) is 7.91. The molecule has 0 aliphatic heterocycles. The molecule has 72 valence electrons. The van der Waals surface area contributed by atoms with Crippen molar-refractivity contribution in [3.8, 4) is 5.75 Å². The van der Waals surface area contributed by atoms with Gasteiger partial charge in [-0.05, 0) is 31.2 Å². The number of H-pyrrole nitrogens is 1. The van der Waals surface area contributed by atoms with Crippen LogP contribution in [0.5, 0.6) is 5.75 Å². The van der Waals surface area contributed by atoms with Crippen molar-refractivity contribution in [1.82, 2.24) is 4.98 Å². The second-order valence-electron chi connectivity index (χ2n) is 3.22. The second kappa shape index (κ2) is 3.54. The van der Waals surface area contributed by atoms with Crippen molar-refractivity contribution in [2.24, 2.45) is 0 Å². The van der Waals surface area contributed by atoms with Crippen LogP contribution in [0.2, 0.25) is 0 Å². The van der Waals surface area contributed by atoms with E-state index in [0.717, 1.165) is 16.7 Å². The zero-order chi connectivity index (χ0) is 9.97. The summed E-state index contributed by atoms with van der Waals surface area (Å²) < 4.78 is 5.28. The molecule has 0 spiro atoms. The number of hydrogen-bond donors (Lipinski definition) is 1. The molecule has 0 fully saturated rings. The summed E-state index contributed by atoms with van der Waals surface area (Å²) in [5.74, 6) is 0.756. The van der Waals surface area contributed by atoms with Gasteiger partial charge in [-0.15, -0.1) is 0 Å². The Hall–Kier alpha value is -1.77. The molecule has 14 heavy (non-hydrogen) atoms. The first kappa shape index (κ1) is 8.81. The van der Waals surface area contributed by atoms with E-state index in [9.17, 15) is 4.79 Å². The molecule has 1 heterocycles. The van der Waals surface area contributed by atoms with E-state index in [0.29, 0.717) is 0 Å². The Bertz CT molecular complexity index is 459. The number of hydrogen-bond acceptors (Lipinski definition) is 2. The maximum Gasteiger partial charge on any atom is 0.167 e. The molecule has 0 saturated carbocycles. The van der Waals surface area contributed by atoms with Crippen LogP contribution in [0.3, 0.4) is 0 Å². The van der Waals surface area contributed by atoms with Crippen molar-refractivity contribution in [3.05, 3.63) is 30.5 Å². The largest absolute Gasteiger partial charge is 0.486 e. The van der Waals surface area contributed by atoms with Gasteiger partial charge in [0.15, 0.2) is 5.78 Å². The van der Waals surface area contributed by atoms with Crippen LogP contribution in [-0.4, -0.2) is 17.4 Å². The van der Waals surface area contributed by atoms with Crippen LogP contribution in [0.25, 0.3) is 10.9 Å². The minimum atomic E-state index is 0.0270. The summed E-state index contributed by atoms with van der Waals surface area (Å²) in [6, 6.07) is 7.66. The summed E-state index contributed by atoms with van der Waals surface area (Å²) in [7, 11) is 0. The smallest absolute Gasteiger partial charge is 0.167 e. The Balaban J connectivity index is 2.21. The van der Waals surface area contributed by atoms with Crippen molar-refractivity contribution in [2.45, 2.75) is 6.92 Å². The van der Waals surface area contributed by atoms with Gasteiger partial charge < -0.3 is 9.72 Å². The SMILES string of the molecule is CC(=O)COc1ccc2[nH]ccc2c1. The van der Waals surface area contributed by atoms with Gasteiger partial charge in [0.1, 0.15) is 12.4 Å². The van der Waals surface area contributed by atoms with E-state index < -0.39 is 0 Å². The van der Waals surface area contributed by atoms with Crippen LogP contribution >= 0.6 is 0 Å². The summed E-state index contributed by atoms with van der Waals surface area (Å²) >= 11 is 0. The summed E-state index contributed by atoms with van der Waals surface area (Å²) in [6.07, 6.45) is 1.87. The van der Waals surface area contributed by atoms with E-state index in [4.69, 9.17) is 4.74 Å². The summed E-state index contributed by atoms with van der Waals surface area (Å²) in [5, 5.41) is 1.09. The van der Waals surface area contributed by atoms with E-state index in [-0.39, 0.29) is 12.4 Å². The average molecular weight is 189 g/mol. The van der Waals surface area contributed by atoms with Gasteiger partial charge in [0.25, 0.3) is 0 Å². The Labute approximate surface area is 81.7 Å². The predicted molar refractivity (Wildman–Crippen MR) is 54.5 cm³/mol. The molecule has 0 bridgehead atoms. The third kappa shape index (κ3) is 1.76. The maximum atomic E-state index is 10.7. The summed E-state index contributed by atoms with van der Waals surface area (Å²) in [4.78, 5) is 13.8. The van der Waals surface area contributed by atoms with Crippen molar-refractivity contribution in [3.63, 3.8) is 0 Å². The van der Waals surface area contributed by atoms with Gasteiger partial charge >= 0.3 is 0 Å². The first-order chi connectivity index (χ1) is 6.75. The first-order valence-electron chi connectivity index (χ1n) is 4.45. The van der Waals surface area contributed by atoms with Crippen LogP contribution in [0, 0.1) is 0 Å². The Morgan fingerprint density at radius 2 is 2.29 bits per heavy atom. The number of carbonyl (C=O) groups excluding carboxylic acids is 1. The molecule has 3 nitrogen and oxygen atoms in total. The van der Waals surface area contributed by atoms with E-state index in [1.54, 1.807) is 0 Å². The minimum absolute atomic E-state index is 0.0270. The molecule has 1 aromatic heterocycles. The quantitative estimate of drug-likeness (QED) is 0.803. The maximum absolute atomic E-state index is 10.7. The van der Waals surface area contributed by atoms with Crippen molar-refractivity contribution in [2.75, 3.05) is 6.61 Å². The molecule has 0 aliphatic rings. The highest BCUT2D eigenvalue weighted by molar-refractivity contribution is 5.81. The molecule has 0 atom stereocenters. The zero-order valence-electron chi connectivity index (χ0n) is 7.91. The van der Waals surface area contributed by atoms with Crippen molar-refractivity contribution < 1.29 is 9.53 Å². The van der Waals surface area contributed by atoms with Crippen LogP contribution in [0.15, 0.2) is 30.5 Å². The number of Topliss-reactive ketones (excluding diaryl/α,β-unsaturated/α-hetero) is 1. The fourth-order valence-corrected chi connectivity index (χ4v) is 1.31. The number of nitrogens with one attached hydrogen (secondary N) is 1. The normalized spacial score (nSPS) is 10.4. The third-order valence-electron chi connectivity index (χ3n) is 1.97. The van der Waals surface area contributed by atoms with Crippen LogP contribution in [-0.2, 0) is 4.79 Å². The minimum Gasteiger partial charge on any atom is -0.486 e. The molecule has 0 amide bonds. The highest BCUT2D eigenvalue weighted by Crippen LogP contribution is 2.19. The van der Waals surface area contributed by atoms with Gasteiger partial charge in [-0.2, -0.15) is 0 Å². The molecule has 0 aliphatic carbocycles. The van der Waals surface area contributed by atoms with Crippen molar-refractivity contribution in [1.29, 1.82) is 0 Å². The van der Waals surface area contributed by atoms with E-state index >= 15 is 0 Å². The van der Waals surface area contributed by atoms with Crippen LogP contribution in [0.4, 0.5) is 0 Å². The van der Waals surface area contributed by atoms with Gasteiger partial charge in [0.05, 0.1) is 0 Å². The number of rotatable bonds is 3. The van der Waals surface area contributed by atoms with E-state index in [1.807, 2.05) is 30.5 Å². The number of ether oxygens (including phenoxy) is 1. The van der Waals surface area contributed by atoms with E-state index in [2.05, 4.69) is 4.98 Å². The molecule has 1 aromatic carbocycles. The second-order valence-corrected chi connectivity index (χ2v) is 3.22. The molecule has 2 aromatic rings. The number of aromatic amines is 1. The Kier molecular flexibility index (Phi) is 2.23. The van der Waals surface area contributed by atoms with Crippen LogP contribution < -0.4 is 4.74 Å². The third-order valence-corrected chi connectivity index (χ3v) is 1.97. The monoisotopic (exact) mass is 189 g/mol. The topological polar surface area (TPSA) is 42.1 Å². The summed E-state index contributed by atoms with van der Waals surface area (Å²) in [6.45, 7) is 1.64. The van der Waals surface area contributed by atoms with Crippen molar-refractivity contribution >= 4 is 16.7 Å². The molecule has 0 unspecified atom stereocenters. The molecule has 1 N–H and O–H groups in total. The lowest BCUT2D eigenvalue weighted by Crippen LogP contribution is -2.06. The Morgan fingerprint density at radius 1 is 1.43 bits per heavy atom. The molecule has 0 radical (unpaired) electrons. The Morgan fingerprint density at radius 3 is 3.07 bits per heavy atom. The first-order valence-corrected chi connectivity index (χ1v) is 4.45. The molecule has 0 saturated heterocycles. The molecule has 3 heteroatoms. The van der Waals surface area contributed by atoms with Gasteiger partial charge in [-0.3, -0.25) is 4.79 Å². The lowest BCUT2D eigenvalue weighted by molar-refractivity contribution is -0.118. The number of carbonyl (C=O) groups is 1. The lowest BCUT2D eigenvalue weighted by atomic mass is 10.2. The molecule has 2 rings (SSSR count). The van der Waals surface area contributed by atoms with Gasteiger partial charge in [0.2, 0.25) is 0 Å². The average Bonchev–Trinajstić information content (AvgIpc) is 2.61. The number of benzene rings is 1. The predicted octanol–water partition coefficient (Wildman–Crippen LogP) is 2.14. The molecular weight excluding hydrogens is 178 g/mol. The molecular formula is C11H11NO2. The fourth-order valence-electron chi connectivity index (χ4n) is 1.31. The standard InChI is InChI=1S/C11H11NO2/c1-8(13)7-14-10-2-3-11-9(6-10)4-5-12-11/h2-6,12H,7H2,1H3. The van der Waals surface area contributed by atoms with Gasteiger partial charge in [-0.1, -0.05) is 0 Å². The lowest BCUT2D eigenvalue weighted by Gasteiger charge is -2.02. The van der Waals surface area contributed by atoms with E-state index in [1.165, 1.54) is 6.92 Å². The van der Waals surface area contributed by atoms with Gasteiger partial charge in [0, 0.05) is 17.1 Å².